The summed E-state index contributed by atoms with van der Waals surface area (Å²) in [6, 6.07) is 4.85. The lowest BCUT2D eigenvalue weighted by molar-refractivity contribution is -0.137. The molecule has 2 rings (SSSR count). The lowest BCUT2D eigenvalue weighted by Crippen LogP contribution is -2.04. The predicted molar refractivity (Wildman–Crippen MR) is 56.5 cm³/mol. The van der Waals surface area contributed by atoms with Gasteiger partial charge in [-0.15, -0.1) is 11.6 Å². The van der Waals surface area contributed by atoms with E-state index < -0.39 is 11.7 Å². The van der Waals surface area contributed by atoms with Gasteiger partial charge in [0.2, 0.25) is 0 Å². The van der Waals surface area contributed by atoms with E-state index in [4.69, 9.17) is 16.0 Å². The van der Waals surface area contributed by atoms with Gasteiger partial charge in [-0.2, -0.15) is 13.2 Å². The second-order valence-corrected chi connectivity index (χ2v) is 3.61. The zero-order valence-electron chi connectivity index (χ0n) is 8.46. The normalized spacial score (nSPS) is 11.8. The third kappa shape index (κ3) is 2.44. The van der Waals surface area contributed by atoms with Gasteiger partial charge in [0.1, 0.15) is 5.69 Å². The molecule has 17 heavy (non-hydrogen) atoms. The molecule has 1 aromatic carbocycles. The molecular weight excluding hydrogens is 255 g/mol. The van der Waals surface area contributed by atoms with Crippen molar-refractivity contribution in [2.24, 2.45) is 0 Å². The Morgan fingerprint density at radius 3 is 2.71 bits per heavy atom. The second kappa shape index (κ2) is 4.41. The van der Waals surface area contributed by atoms with E-state index in [1.54, 1.807) is 0 Å². The first kappa shape index (κ1) is 12.0. The maximum absolute atomic E-state index is 12.5. The van der Waals surface area contributed by atoms with E-state index in [1.807, 2.05) is 0 Å². The summed E-state index contributed by atoms with van der Waals surface area (Å²) in [7, 11) is 0. The monoisotopic (exact) mass is 261 g/mol. The van der Waals surface area contributed by atoms with Crippen molar-refractivity contribution in [1.29, 1.82) is 0 Å². The molecule has 0 radical (unpaired) electrons. The van der Waals surface area contributed by atoms with Crippen molar-refractivity contribution in [3.63, 3.8) is 0 Å². The summed E-state index contributed by atoms with van der Waals surface area (Å²) >= 11 is 5.61. The van der Waals surface area contributed by atoms with E-state index in [1.165, 1.54) is 12.1 Å². The van der Waals surface area contributed by atoms with E-state index >= 15 is 0 Å². The topological polar surface area (TPSA) is 26.0 Å². The molecule has 0 aliphatic rings. The fourth-order valence-corrected chi connectivity index (χ4v) is 1.63. The summed E-state index contributed by atoms with van der Waals surface area (Å²) in [4.78, 5) is 3.82. The van der Waals surface area contributed by atoms with Gasteiger partial charge in [0.25, 0.3) is 0 Å². The third-order valence-electron chi connectivity index (χ3n) is 2.22. The van der Waals surface area contributed by atoms with Crippen LogP contribution in [0, 0.1) is 0 Å². The molecule has 1 heterocycles. The lowest BCUT2D eigenvalue weighted by Gasteiger charge is -2.07. The highest BCUT2D eigenvalue weighted by atomic mass is 35.5. The van der Waals surface area contributed by atoms with Gasteiger partial charge in [-0.25, -0.2) is 4.98 Å². The van der Waals surface area contributed by atoms with Crippen LogP contribution in [0.5, 0.6) is 0 Å². The van der Waals surface area contributed by atoms with Crippen LogP contribution in [0.2, 0.25) is 0 Å². The highest BCUT2D eigenvalue weighted by molar-refractivity contribution is 6.17. The average Bonchev–Trinajstić information content (AvgIpc) is 2.76. The van der Waals surface area contributed by atoms with Gasteiger partial charge in [0, 0.05) is 5.56 Å². The quantitative estimate of drug-likeness (QED) is 0.761. The summed E-state index contributed by atoms with van der Waals surface area (Å²) in [6.07, 6.45) is -3.22. The molecule has 0 spiro atoms. The van der Waals surface area contributed by atoms with Crippen LogP contribution in [0.15, 0.2) is 35.1 Å². The molecule has 6 heteroatoms. The highest BCUT2D eigenvalue weighted by Gasteiger charge is 2.30. The largest absolute Gasteiger partial charge is 0.443 e. The predicted octanol–water partition coefficient (Wildman–Crippen LogP) is 4.10. The van der Waals surface area contributed by atoms with E-state index in [0.29, 0.717) is 11.3 Å². The Morgan fingerprint density at radius 1 is 1.29 bits per heavy atom. The molecule has 0 atom stereocenters. The zero-order chi connectivity index (χ0) is 12.5. The summed E-state index contributed by atoms with van der Waals surface area (Å²) in [5, 5.41) is 0. The van der Waals surface area contributed by atoms with Crippen LogP contribution in [0.3, 0.4) is 0 Å². The number of aromatic nitrogens is 1. The van der Waals surface area contributed by atoms with E-state index in [2.05, 4.69) is 4.98 Å². The van der Waals surface area contributed by atoms with Gasteiger partial charge in [-0.05, 0) is 12.1 Å². The molecule has 0 saturated carbocycles. The van der Waals surface area contributed by atoms with Crippen molar-refractivity contribution in [3.8, 4) is 11.3 Å². The zero-order valence-corrected chi connectivity index (χ0v) is 9.22. The van der Waals surface area contributed by atoms with Crippen molar-refractivity contribution < 1.29 is 17.6 Å². The van der Waals surface area contributed by atoms with Gasteiger partial charge >= 0.3 is 6.18 Å². The van der Waals surface area contributed by atoms with Gasteiger partial charge in [0.15, 0.2) is 12.2 Å². The van der Waals surface area contributed by atoms with Crippen LogP contribution >= 0.6 is 11.6 Å². The fourth-order valence-electron chi connectivity index (χ4n) is 1.44. The third-order valence-corrected chi connectivity index (χ3v) is 2.47. The van der Waals surface area contributed by atoms with Crippen LogP contribution in [0.1, 0.15) is 11.3 Å². The van der Waals surface area contributed by atoms with Gasteiger partial charge in [0.05, 0.1) is 11.4 Å². The molecule has 0 N–H and O–H groups in total. The van der Waals surface area contributed by atoms with Crippen molar-refractivity contribution >= 4 is 11.6 Å². The van der Waals surface area contributed by atoms with Crippen LogP contribution in [0.4, 0.5) is 13.2 Å². The average molecular weight is 262 g/mol. The summed E-state index contributed by atoms with van der Waals surface area (Å²) < 4.78 is 42.6. The Morgan fingerprint density at radius 2 is 2.06 bits per heavy atom. The van der Waals surface area contributed by atoms with Crippen molar-refractivity contribution in [2.75, 3.05) is 0 Å². The van der Waals surface area contributed by atoms with Crippen LogP contribution < -0.4 is 0 Å². The molecule has 2 nitrogen and oxygen atoms in total. The summed E-state index contributed by atoms with van der Waals surface area (Å²) in [6.45, 7) is 0. The molecule has 0 aliphatic carbocycles. The Kier molecular flexibility index (Phi) is 3.11. The first-order valence-corrected chi connectivity index (χ1v) is 5.22. The number of halogens is 4. The first-order valence-electron chi connectivity index (χ1n) is 4.68. The molecular formula is C11H7ClF3NO. The minimum absolute atomic E-state index is 0.0854. The Hall–Kier alpha value is -1.49. The standard InChI is InChI=1S/C11H7ClF3NO/c12-5-9-10(17-6-16-9)7-2-1-3-8(4-7)11(13,14)15/h1-4,6H,5H2. The van der Waals surface area contributed by atoms with E-state index in [-0.39, 0.29) is 11.6 Å². The summed E-state index contributed by atoms with van der Waals surface area (Å²) in [5.41, 5.74) is 0.00545. The number of alkyl halides is 4. The number of oxazole rings is 1. The van der Waals surface area contributed by atoms with Crippen molar-refractivity contribution in [2.45, 2.75) is 12.1 Å². The second-order valence-electron chi connectivity index (χ2n) is 3.34. The molecule has 0 fully saturated rings. The van der Waals surface area contributed by atoms with Gasteiger partial charge in [-0.1, -0.05) is 12.1 Å². The Bertz CT molecular complexity index is 521. The van der Waals surface area contributed by atoms with Gasteiger partial charge < -0.3 is 4.42 Å². The van der Waals surface area contributed by atoms with E-state index in [0.717, 1.165) is 18.5 Å². The SMILES string of the molecule is FC(F)(F)c1cccc(-c2ocnc2CCl)c1. The molecule has 2 aromatic rings. The number of hydrogen-bond donors (Lipinski definition) is 0. The van der Waals surface area contributed by atoms with Crippen LogP contribution in [0.25, 0.3) is 11.3 Å². The summed E-state index contributed by atoms with van der Waals surface area (Å²) in [5.74, 6) is 0.355. The Balaban J connectivity index is 2.47. The van der Waals surface area contributed by atoms with Crippen molar-refractivity contribution in [1.82, 2.24) is 4.98 Å². The minimum Gasteiger partial charge on any atom is -0.443 e. The van der Waals surface area contributed by atoms with E-state index in [9.17, 15) is 13.2 Å². The molecule has 0 unspecified atom stereocenters. The molecule has 0 aliphatic heterocycles. The number of rotatable bonds is 2. The maximum atomic E-state index is 12.5. The molecule has 0 saturated heterocycles. The fraction of sp³-hybridized carbons (Fsp3) is 0.182. The molecule has 1 aromatic heterocycles. The van der Waals surface area contributed by atoms with Crippen LogP contribution in [-0.4, -0.2) is 4.98 Å². The minimum atomic E-state index is -4.38. The highest BCUT2D eigenvalue weighted by Crippen LogP contribution is 2.33. The lowest BCUT2D eigenvalue weighted by atomic mass is 10.1. The Labute approximate surface area is 100 Å². The number of nitrogens with zero attached hydrogens (tertiary/aromatic N) is 1. The molecule has 0 bridgehead atoms. The first-order chi connectivity index (χ1) is 8.02. The smallest absolute Gasteiger partial charge is 0.416 e. The number of hydrogen-bond acceptors (Lipinski definition) is 2. The number of benzene rings is 1. The maximum Gasteiger partial charge on any atom is 0.416 e. The van der Waals surface area contributed by atoms with Gasteiger partial charge in [-0.3, -0.25) is 0 Å². The molecule has 90 valence electrons. The van der Waals surface area contributed by atoms with Crippen molar-refractivity contribution in [3.05, 3.63) is 41.9 Å². The van der Waals surface area contributed by atoms with Crippen LogP contribution in [-0.2, 0) is 12.1 Å². The molecule has 0 amide bonds.